The van der Waals surface area contributed by atoms with Crippen molar-refractivity contribution in [3.8, 4) is 5.75 Å². The van der Waals surface area contributed by atoms with E-state index in [9.17, 15) is 4.79 Å². The van der Waals surface area contributed by atoms with Gasteiger partial charge in [0, 0.05) is 17.8 Å². The largest absolute Gasteiger partial charge is 0.489 e. The normalized spacial score (nSPS) is 11.5. The predicted molar refractivity (Wildman–Crippen MR) is 105 cm³/mol. The standard InChI is InChI=1S/C22H25NO3/c1-3-8-19(4-2)23-20-11-7-9-17(15-20)16-26-21-12-6-5-10-18(21)13-14-22(24)25/h3-12,15,23H,13-14,16H2,1-2H3,(H,24,25)/b8-3-,19-4+. The third-order valence-electron chi connectivity index (χ3n) is 3.85. The Hall–Kier alpha value is -3.01. The van der Waals surface area contributed by atoms with Gasteiger partial charge in [-0.25, -0.2) is 0 Å². The summed E-state index contributed by atoms with van der Waals surface area (Å²) in [4.78, 5) is 10.8. The highest BCUT2D eigenvalue weighted by Crippen LogP contribution is 2.22. The number of hydrogen-bond donors (Lipinski definition) is 2. The Morgan fingerprint density at radius 2 is 1.96 bits per heavy atom. The van der Waals surface area contributed by atoms with Gasteiger partial charge in [0.15, 0.2) is 0 Å². The molecule has 0 bridgehead atoms. The molecule has 0 heterocycles. The molecular formula is C22H25NO3. The van der Waals surface area contributed by atoms with Crippen molar-refractivity contribution in [2.45, 2.75) is 33.3 Å². The van der Waals surface area contributed by atoms with Gasteiger partial charge in [0.1, 0.15) is 12.4 Å². The van der Waals surface area contributed by atoms with E-state index in [2.05, 4.69) is 5.32 Å². The molecule has 0 spiro atoms. The van der Waals surface area contributed by atoms with E-state index in [4.69, 9.17) is 9.84 Å². The molecule has 0 unspecified atom stereocenters. The van der Waals surface area contributed by atoms with Gasteiger partial charge in [-0.3, -0.25) is 4.79 Å². The van der Waals surface area contributed by atoms with Gasteiger partial charge in [0.05, 0.1) is 0 Å². The molecule has 0 radical (unpaired) electrons. The first-order valence-corrected chi connectivity index (χ1v) is 8.70. The molecule has 2 aromatic carbocycles. The molecular weight excluding hydrogens is 326 g/mol. The smallest absolute Gasteiger partial charge is 0.303 e. The summed E-state index contributed by atoms with van der Waals surface area (Å²) in [6.07, 6.45) is 6.57. The number of rotatable bonds is 9. The van der Waals surface area contributed by atoms with Crippen LogP contribution in [0.3, 0.4) is 0 Å². The Kier molecular flexibility index (Phi) is 7.49. The van der Waals surface area contributed by atoms with Crippen molar-refractivity contribution in [2.75, 3.05) is 5.32 Å². The SMILES string of the molecule is C/C=C\C(=C/C)Nc1cccc(COc2ccccc2CCC(=O)O)c1. The third kappa shape index (κ3) is 6.13. The Morgan fingerprint density at radius 1 is 1.15 bits per heavy atom. The van der Waals surface area contributed by atoms with Crippen molar-refractivity contribution in [3.63, 3.8) is 0 Å². The van der Waals surface area contributed by atoms with Crippen LogP contribution in [0.25, 0.3) is 0 Å². The molecule has 2 aromatic rings. The van der Waals surface area contributed by atoms with E-state index in [1.807, 2.05) is 80.6 Å². The lowest BCUT2D eigenvalue weighted by atomic mass is 10.1. The minimum atomic E-state index is -0.806. The first-order chi connectivity index (χ1) is 12.6. The van der Waals surface area contributed by atoms with Crippen molar-refractivity contribution < 1.29 is 14.6 Å². The highest BCUT2D eigenvalue weighted by Gasteiger charge is 2.06. The molecule has 0 aromatic heterocycles. The minimum absolute atomic E-state index is 0.0941. The highest BCUT2D eigenvalue weighted by molar-refractivity contribution is 5.67. The summed E-state index contributed by atoms with van der Waals surface area (Å²) in [5, 5.41) is 12.2. The Labute approximate surface area is 154 Å². The van der Waals surface area contributed by atoms with Crippen LogP contribution in [0.5, 0.6) is 5.75 Å². The summed E-state index contributed by atoms with van der Waals surface area (Å²) >= 11 is 0. The van der Waals surface area contributed by atoms with Crippen molar-refractivity contribution in [2.24, 2.45) is 0 Å². The summed E-state index contributed by atoms with van der Waals surface area (Å²) in [6, 6.07) is 15.6. The second kappa shape index (κ2) is 10.1. The first kappa shape index (κ1) is 19.3. The average Bonchev–Trinajstić information content (AvgIpc) is 2.65. The van der Waals surface area contributed by atoms with Gasteiger partial charge in [-0.2, -0.15) is 0 Å². The molecule has 0 atom stereocenters. The van der Waals surface area contributed by atoms with Gasteiger partial charge in [0.25, 0.3) is 0 Å². The number of ether oxygens (including phenoxy) is 1. The molecule has 0 amide bonds. The lowest BCUT2D eigenvalue weighted by Gasteiger charge is -2.12. The van der Waals surface area contributed by atoms with Gasteiger partial charge in [-0.15, -0.1) is 0 Å². The van der Waals surface area contributed by atoms with Gasteiger partial charge in [0.2, 0.25) is 0 Å². The first-order valence-electron chi connectivity index (χ1n) is 8.70. The summed E-state index contributed by atoms with van der Waals surface area (Å²) < 4.78 is 5.94. The fourth-order valence-corrected chi connectivity index (χ4v) is 2.55. The topological polar surface area (TPSA) is 58.6 Å². The highest BCUT2D eigenvalue weighted by atomic mass is 16.5. The average molecular weight is 351 g/mol. The van der Waals surface area contributed by atoms with Crippen LogP contribution in [-0.2, 0) is 17.8 Å². The zero-order valence-corrected chi connectivity index (χ0v) is 15.2. The van der Waals surface area contributed by atoms with Crippen LogP contribution >= 0.6 is 0 Å². The minimum Gasteiger partial charge on any atom is -0.489 e. The van der Waals surface area contributed by atoms with Gasteiger partial charge >= 0.3 is 5.97 Å². The maximum absolute atomic E-state index is 10.8. The second-order valence-electron chi connectivity index (χ2n) is 5.86. The van der Waals surface area contributed by atoms with Crippen molar-refractivity contribution in [1.82, 2.24) is 0 Å². The van der Waals surface area contributed by atoms with Crippen LogP contribution < -0.4 is 10.1 Å². The number of carbonyl (C=O) groups is 1. The van der Waals surface area contributed by atoms with Crippen molar-refractivity contribution >= 4 is 11.7 Å². The van der Waals surface area contributed by atoms with E-state index in [1.54, 1.807) is 0 Å². The van der Waals surface area contributed by atoms with Crippen molar-refractivity contribution in [1.29, 1.82) is 0 Å². The van der Waals surface area contributed by atoms with Crippen LogP contribution in [0.15, 0.2) is 72.5 Å². The summed E-state index contributed by atoms with van der Waals surface area (Å²) in [5.74, 6) is -0.0744. The number of carboxylic acid groups (broad SMARTS) is 1. The number of benzene rings is 2. The van der Waals surface area contributed by atoms with Crippen LogP contribution in [0.2, 0.25) is 0 Å². The Bertz CT molecular complexity index is 793. The number of aliphatic carboxylic acids is 1. The number of aryl methyl sites for hydroxylation is 1. The number of nitrogens with one attached hydrogen (secondary N) is 1. The zero-order valence-electron chi connectivity index (χ0n) is 15.2. The maximum atomic E-state index is 10.8. The van der Waals surface area contributed by atoms with E-state index in [0.29, 0.717) is 13.0 Å². The van der Waals surface area contributed by atoms with E-state index in [-0.39, 0.29) is 6.42 Å². The molecule has 4 heteroatoms. The maximum Gasteiger partial charge on any atom is 0.303 e. The molecule has 0 saturated heterocycles. The summed E-state index contributed by atoms with van der Waals surface area (Å²) in [5.41, 5.74) is 3.98. The third-order valence-corrected chi connectivity index (χ3v) is 3.85. The van der Waals surface area contributed by atoms with Crippen LogP contribution in [0.4, 0.5) is 5.69 Å². The van der Waals surface area contributed by atoms with Crippen LogP contribution in [0.1, 0.15) is 31.4 Å². The lowest BCUT2D eigenvalue weighted by Crippen LogP contribution is -2.02. The molecule has 2 rings (SSSR count). The molecule has 0 aliphatic heterocycles. The Balaban J connectivity index is 2.04. The molecule has 2 N–H and O–H groups in total. The van der Waals surface area contributed by atoms with Crippen LogP contribution in [0, 0.1) is 0 Å². The molecule has 0 aliphatic carbocycles. The van der Waals surface area contributed by atoms with E-state index in [0.717, 1.165) is 28.3 Å². The van der Waals surface area contributed by atoms with E-state index < -0.39 is 5.97 Å². The second-order valence-corrected chi connectivity index (χ2v) is 5.86. The van der Waals surface area contributed by atoms with Gasteiger partial charge in [-0.1, -0.05) is 42.5 Å². The molecule has 26 heavy (non-hydrogen) atoms. The predicted octanol–water partition coefficient (Wildman–Crippen LogP) is 5.17. The van der Waals surface area contributed by atoms with Crippen molar-refractivity contribution in [3.05, 3.63) is 83.6 Å². The fraction of sp³-hybridized carbons (Fsp3) is 0.227. The molecule has 4 nitrogen and oxygen atoms in total. The summed E-state index contributed by atoms with van der Waals surface area (Å²) in [7, 11) is 0. The lowest BCUT2D eigenvalue weighted by molar-refractivity contribution is -0.136. The van der Waals surface area contributed by atoms with Gasteiger partial charge in [-0.05, 0) is 55.7 Å². The van der Waals surface area contributed by atoms with E-state index in [1.165, 1.54) is 0 Å². The summed E-state index contributed by atoms with van der Waals surface area (Å²) in [6.45, 7) is 4.40. The van der Waals surface area contributed by atoms with E-state index >= 15 is 0 Å². The zero-order chi connectivity index (χ0) is 18.8. The number of carboxylic acids is 1. The molecule has 136 valence electrons. The number of anilines is 1. The monoisotopic (exact) mass is 351 g/mol. The molecule has 0 aliphatic rings. The van der Waals surface area contributed by atoms with Gasteiger partial charge < -0.3 is 15.2 Å². The Morgan fingerprint density at radius 3 is 2.69 bits per heavy atom. The number of para-hydroxylation sites is 1. The number of hydrogen-bond acceptors (Lipinski definition) is 3. The van der Waals surface area contributed by atoms with Crippen LogP contribution in [-0.4, -0.2) is 11.1 Å². The molecule has 0 saturated carbocycles. The fourth-order valence-electron chi connectivity index (χ4n) is 2.55. The quantitative estimate of drug-likeness (QED) is 0.612. The molecule has 0 fully saturated rings. The number of allylic oxidation sites excluding steroid dienone is 3.